The molecule has 1 rings (SSSR count). The Morgan fingerprint density at radius 1 is 1.33 bits per heavy atom. The quantitative estimate of drug-likeness (QED) is 0.806. The van der Waals surface area contributed by atoms with Crippen molar-refractivity contribution >= 4 is 11.6 Å². The third-order valence-electron chi connectivity index (χ3n) is 2.27. The van der Waals surface area contributed by atoms with Crippen molar-refractivity contribution in [3.63, 3.8) is 0 Å². The standard InChI is InChI=1S/C12H19ClN2/c1-9-4-11(6-12(13)5-9)8-15-10(2)7-14-3/h4-6,10,14-15H,7-8H2,1-3H3. The van der Waals surface area contributed by atoms with Crippen molar-refractivity contribution < 1.29 is 0 Å². The second-order valence-electron chi connectivity index (χ2n) is 3.98. The largest absolute Gasteiger partial charge is 0.318 e. The van der Waals surface area contributed by atoms with E-state index in [2.05, 4.69) is 30.5 Å². The van der Waals surface area contributed by atoms with Crippen molar-refractivity contribution in [2.24, 2.45) is 0 Å². The van der Waals surface area contributed by atoms with E-state index in [9.17, 15) is 0 Å². The fourth-order valence-corrected chi connectivity index (χ4v) is 1.90. The lowest BCUT2D eigenvalue weighted by Gasteiger charge is -2.13. The monoisotopic (exact) mass is 226 g/mol. The van der Waals surface area contributed by atoms with Gasteiger partial charge in [0.1, 0.15) is 0 Å². The molecule has 1 aromatic carbocycles. The molecule has 0 saturated carbocycles. The Bertz CT molecular complexity index is 292. The molecule has 0 saturated heterocycles. The van der Waals surface area contributed by atoms with Gasteiger partial charge < -0.3 is 10.6 Å². The maximum absolute atomic E-state index is 5.99. The Morgan fingerprint density at radius 3 is 2.67 bits per heavy atom. The van der Waals surface area contributed by atoms with Gasteiger partial charge in [0.2, 0.25) is 0 Å². The zero-order chi connectivity index (χ0) is 11.3. The molecule has 2 nitrogen and oxygen atoms in total. The van der Waals surface area contributed by atoms with E-state index in [0.717, 1.165) is 18.1 Å². The summed E-state index contributed by atoms with van der Waals surface area (Å²) in [6.07, 6.45) is 0. The van der Waals surface area contributed by atoms with Gasteiger partial charge in [-0.1, -0.05) is 17.7 Å². The van der Waals surface area contributed by atoms with Gasteiger partial charge in [-0.15, -0.1) is 0 Å². The summed E-state index contributed by atoms with van der Waals surface area (Å²) in [6, 6.07) is 6.61. The van der Waals surface area contributed by atoms with Gasteiger partial charge in [0, 0.05) is 24.2 Å². The summed E-state index contributed by atoms with van der Waals surface area (Å²) in [5.74, 6) is 0. The molecule has 0 fully saturated rings. The van der Waals surface area contributed by atoms with Crippen molar-refractivity contribution in [1.82, 2.24) is 10.6 Å². The Labute approximate surface area is 97.0 Å². The van der Waals surface area contributed by atoms with Crippen LogP contribution in [0.15, 0.2) is 18.2 Å². The van der Waals surface area contributed by atoms with Gasteiger partial charge in [0.15, 0.2) is 0 Å². The van der Waals surface area contributed by atoms with E-state index in [1.54, 1.807) is 0 Å². The third kappa shape index (κ3) is 4.65. The molecule has 0 radical (unpaired) electrons. The van der Waals surface area contributed by atoms with Crippen LogP contribution in [0.5, 0.6) is 0 Å². The summed E-state index contributed by atoms with van der Waals surface area (Å²) in [5.41, 5.74) is 2.45. The second kappa shape index (κ2) is 6.11. The van der Waals surface area contributed by atoms with E-state index in [4.69, 9.17) is 11.6 Å². The first-order valence-corrected chi connectivity index (χ1v) is 5.63. The highest BCUT2D eigenvalue weighted by Gasteiger charge is 2.01. The number of likely N-dealkylation sites (N-methyl/N-ethyl adjacent to an activating group) is 1. The molecule has 0 heterocycles. The lowest BCUT2D eigenvalue weighted by atomic mass is 10.1. The van der Waals surface area contributed by atoms with Crippen molar-refractivity contribution in [2.45, 2.75) is 26.4 Å². The molecule has 0 aliphatic carbocycles. The van der Waals surface area contributed by atoms with Crippen molar-refractivity contribution in [1.29, 1.82) is 0 Å². The fourth-order valence-electron chi connectivity index (χ4n) is 1.58. The molecule has 3 heteroatoms. The number of hydrogen-bond acceptors (Lipinski definition) is 2. The lowest BCUT2D eigenvalue weighted by molar-refractivity contribution is 0.523. The lowest BCUT2D eigenvalue weighted by Crippen LogP contribution is -2.34. The zero-order valence-corrected chi connectivity index (χ0v) is 10.4. The van der Waals surface area contributed by atoms with Crippen LogP contribution in [0.4, 0.5) is 0 Å². The summed E-state index contributed by atoms with van der Waals surface area (Å²) < 4.78 is 0. The number of aryl methyl sites for hydroxylation is 1. The summed E-state index contributed by atoms with van der Waals surface area (Å²) in [4.78, 5) is 0. The van der Waals surface area contributed by atoms with E-state index in [-0.39, 0.29) is 0 Å². The van der Waals surface area contributed by atoms with Gasteiger partial charge in [-0.05, 0) is 44.2 Å². The van der Waals surface area contributed by atoms with Crippen LogP contribution >= 0.6 is 11.6 Å². The first-order valence-electron chi connectivity index (χ1n) is 5.26. The van der Waals surface area contributed by atoms with Crippen LogP contribution in [0.2, 0.25) is 5.02 Å². The summed E-state index contributed by atoms with van der Waals surface area (Å²) in [5, 5.41) is 7.38. The Kier molecular flexibility index (Phi) is 5.09. The molecular formula is C12H19ClN2. The molecule has 15 heavy (non-hydrogen) atoms. The average Bonchev–Trinajstić information content (AvgIpc) is 2.14. The van der Waals surface area contributed by atoms with Gasteiger partial charge in [-0.3, -0.25) is 0 Å². The molecule has 0 aromatic heterocycles. The number of hydrogen-bond donors (Lipinski definition) is 2. The number of benzene rings is 1. The van der Waals surface area contributed by atoms with Crippen LogP contribution in [0.1, 0.15) is 18.1 Å². The van der Waals surface area contributed by atoms with E-state index in [1.807, 2.05) is 19.2 Å². The van der Waals surface area contributed by atoms with Gasteiger partial charge in [0.25, 0.3) is 0 Å². The minimum Gasteiger partial charge on any atom is -0.318 e. The van der Waals surface area contributed by atoms with Crippen LogP contribution in [-0.2, 0) is 6.54 Å². The van der Waals surface area contributed by atoms with Crippen LogP contribution in [-0.4, -0.2) is 19.6 Å². The van der Waals surface area contributed by atoms with Gasteiger partial charge in [0.05, 0.1) is 0 Å². The summed E-state index contributed by atoms with van der Waals surface area (Å²) >= 11 is 5.99. The van der Waals surface area contributed by atoms with E-state index < -0.39 is 0 Å². The molecule has 84 valence electrons. The molecule has 1 unspecified atom stereocenters. The molecule has 2 N–H and O–H groups in total. The number of halogens is 1. The minimum atomic E-state index is 0.467. The highest BCUT2D eigenvalue weighted by atomic mass is 35.5. The maximum Gasteiger partial charge on any atom is 0.0411 e. The molecule has 0 aliphatic rings. The van der Waals surface area contributed by atoms with E-state index in [1.165, 1.54) is 11.1 Å². The van der Waals surface area contributed by atoms with Crippen molar-refractivity contribution in [3.05, 3.63) is 34.3 Å². The number of nitrogens with one attached hydrogen (secondary N) is 2. The van der Waals surface area contributed by atoms with Crippen molar-refractivity contribution in [2.75, 3.05) is 13.6 Å². The fraction of sp³-hybridized carbons (Fsp3) is 0.500. The highest BCUT2D eigenvalue weighted by Crippen LogP contribution is 2.14. The predicted octanol–water partition coefficient (Wildman–Crippen LogP) is 2.35. The van der Waals surface area contributed by atoms with Gasteiger partial charge in [-0.2, -0.15) is 0 Å². The van der Waals surface area contributed by atoms with Crippen LogP contribution < -0.4 is 10.6 Å². The van der Waals surface area contributed by atoms with E-state index >= 15 is 0 Å². The van der Waals surface area contributed by atoms with E-state index in [0.29, 0.717) is 6.04 Å². The maximum atomic E-state index is 5.99. The van der Waals surface area contributed by atoms with Crippen LogP contribution in [0.3, 0.4) is 0 Å². The second-order valence-corrected chi connectivity index (χ2v) is 4.41. The van der Waals surface area contributed by atoms with Gasteiger partial charge >= 0.3 is 0 Å². The number of rotatable bonds is 5. The first-order chi connectivity index (χ1) is 7.11. The normalized spacial score (nSPS) is 12.8. The summed E-state index contributed by atoms with van der Waals surface area (Å²) in [6.45, 7) is 6.06. The molecule has 0 amide bonds. The van der Waals surface area contributed by atoms with Crippen molar-refractivity contribution in [3.8, 4) is 0 Å². The molecule has 0 spiro atoms. The zero-order valence-electron chi connectivity index (χ0n) is 9.60. The topological polar surface area (TPSA) is 24.1 Å². The van der Waals surface area contributed by atoms with Crippen LogP contribution in [0, 0.1) is 6.92 Å². The third-order valence-corrected chi connectivity index (χ3v) is 2.49. The molecule has 0 bridgehead atoms. The molecular weight excluding hydrogens is 208 g/mol. The average molecular weight is 227 g/mol. The Balaban J connectivity index is 2.50. The minimum absolute atomic E-state index is 0.467. The van der Waals surface area contributed by atoms with Crippen LogP contribution in [0.25, 0.3) is 0 Å². The Morgan fingerprint density at radius 2 is 2.07 bits per heavy atom. The SMILES string of the molecule is CNCC(C)NCc1cc(C)cc(Cl)c1. The highest BCUT2D eigenvalue weighted by molar-refractivity contribution is 6.30. The smallest absolute Gasteiger partial charge is 0.0411 e. The first kappa shape index (κ1) is 12.5. The Hall–Kier alpha value is -0.570. The van der Waals surface area contributed by atoms with Gasteiger partial charge in [-0.25, -0.2) is 0 Å². The predicted molar refractivity (Wildman–Crippen MR) is 66.4 cm³/mol. The summed E-state index contributed by atoms with van der Waals surface area (Å²) in [7, 11) is 1.96. The molecule has 1 atom stereocenters. The molecule has 0 aliphatic heterocycles. The molecule has 1 aromatic rings.